The molecule has 1 aliphatic carbocycles. The molecule has 1 fully saturated rings. The van der Waals surface area contributed by atoms with Gasteiger partial charge in [-0.25, -0.2) is 0 Å². The molecule has 0 bridgehead atoms. The molecule has 0 amide bonds. The minimum atomic E-state index is 0.774. The largest absolute Gasteiger partial charge is 0.374 e. The molecule has 17 heavy (non-hydrogen) atoms. The van der Waals surface area contributed by atoms with E-state index in [0.29, 0.717) is 0 Å². The van der Waals surface area contributed by atoms with Gasteiger partial charge in [-0.05, 0) is 52.9 Å². The van der Waals surface area contributed by atoms with E-state index in [4.69, 9.17) is 0 Å². The van der Waals surface area contributed by atoms with Crippen molar-refractivity contribution in [3.8, 4) is 0 Å². The van der Waals surface area contributed by atoms with E-state index in [1.54, 1.807) is 0 Å². The van der Waals surface area contributed by atoms with Gasteiger partial charge in [-0.15, -0.1) is 0 Å². The van der Waals surface area contributed by atoms with Gasteiger partial charge < -0.3 is 10.2 Å². The topological polar surface area (TPSA) is 15.3 Å². The average molecular weight is 297 g/mol. The highest BCUT2D eigenvalue weighted by atomic mass is 79.9. The molecule has 1 aliphatic rings. The van der Waals surface area contributed by atoms with Crippen LogP contribution in [0.2, 0.25) is 0 Å². The van der Waals surface area contributed by atoms with Crippen LogP contribution in [0.15, 0.2) is 22.7 Å². The van der Waals surface area contributed by atoms with Crippen LogP contribution in [-0.2, 0) is 6.54 Å². The molecule has 0 saturated heterocycles. The van der Waals surface area contributed by atoms with Gasteiger partial charge in [0.25, 0.3) is 0 Å². The first kappa shape index (κ1) is 12.9. The Hall–Kier alpha value is -0.540. The Morgan fingerprint density at radius 1 is 1.41 bits per heavy atom. The third-order valence-electron chi connectivity index (χ3n) is 3.15. The van der Waals surface area contributed by atoms with Crippen LogP contribution < -0.4 is 10.2 Å². The normalized spacial score (nSPS) is 15.0. The molecular formula is C14H21BrN2. The molecule has 1 saturated carbocycles. The van der Waals surface area contributed by atoms with Crippen molar-refractivity contribution in [1.82, 2.24) is 5.32 Å². The van der Waals surface area contributed by atoms with Crippen molar-refractivity contribution < 1.29 is 0 Å². The SMILES string of the molecule is CCCN(C)c1ccc(CNC2CC2)cc1Br. The second kappa shape index (κ2) is 5.87. The van der Waals surface area contributed by atoms with Crippen LogP contribution in [0, 0.1) is 0 Å². The molecule has 0 unspecified atom stereocenters. The summed E-state index contributed by atoms with van der Waals surface area (Å²) in [5, 5.41) is 3.54. The number of nitrogens with zero attached hydrogens (tertiary/aromatic N) is 1. The monoisotopic (exact) mass is 296 g/mol. The zero-order valence-electron chi connectivity index (χ0n) is 10.7. The van der Waals surface area contributed by atoms with E-state index < -0.39 is 0 Å². The van der Waals surface area contributed by atoms with Crippen LogP contribution in [0.5, 0.6) is 0 Å². The predicted octanol–water partition coefficient (Wildman–Crippen LogP) is 3.55. The number of halogens is 1. The van der Waals surface area contributed by atoms with Gasteiger partial charge in [0.05, 0.1) is 5.69 Å². The molecule has 1 aromatic carbocycles. The average Bonchev–Trinajstić information content (AvgIpc) is 3.10. The third-order valence-corrected chi connectivity index (χ3v) is 3.79. The van der Waals surface area contributed by atoms with E-state index in [2.05, 4.69) is 58.3 Å². The fourth-order valence-corrected chi connectivity index (χ4v) is 2.70. The van der Waals surface area contributed by atoms with Crippen molar-refractivity contribution in [2.45, 2.75) is 38.8 Å². The molecule has 0 aromatic heterocycles. The van der Waals surface area contributed by atoms with Crippen LogP contribution in [0.1, 0.15) is 31.7 Å². The lowest BCUT2D eigenvalue weighted by molar-refractivity contribution is 0.687. The summed E-state index contributed by atoms with van der Waals surface area (Å²) in [5.74, 6) is 0. The van der Waals surface area contributed by atoms with Gasteiger partial charge >= 0.3 is 0 Å². The minimum Gasteiger partial charge on any atom is -0.374 e. The number of nitrogens with one attached hydrogen (secondary N) is 1. The molecule has 2 rings (SSSR count). The summed E-state index contributed by atoms with van der Waals surface area (Å²) >= 11 is 3.67. The summed E-state index contributed by atoms with van der Waals surface area (Å²) < 4.78 is 1.20. The highest BCUT2D eigenvalue weighted by Crippen LogP contribution is 2.27. The molecule has 0 radical (unpaired) electrons. The van der Waals surface area contributed by atoms with E-state index in [1.165, 1.54) is 35.0 Å². The van der Waals surface area contributed by atoms with Crippen LogP contribution in [0.4, 0.5) is 5.69 Å². The van der Waals surface area contributed by atoms with E-state index in [9.17, 15) is 0 Å². The van der Waals surface area contributed by atoms with Crippen molar-refractivity contribution in [3.05, 3.63) is 28.2 Å². The van der Waals surface area contributed by atoms with E-state index in [0.717, 1.165) is 19.1 Å². The summed E-state index contributed by atoms with van der Waals surface area (Å²) in [7, 11) is 2.14. The number of rotatable bonds is 6. The van der Waals surface area contributed by atoms with Crippen molar-refractivity contribution in [2.24, 2.45) is 0 Å². The van der Waals surface area contributed by atoms with Crippen molar-refractivity contribution >= 4 is 21.6 Å². The smallest absolute Gasteiger partial charge is 0.0508 e. The first-order valence-electron chi connectivity index (χ1n) is 6.43. The van der Waals surface area contributed by atoms with Crippen LogP contribution in [-0.4, -0.2) is 19.6 Å². The minimum absolute atomic E-state index is 0.774. The third kappa shape index (κ3) is 3.71. The van der Waals surface area contributed by atoms with Crippen molar-refractivity contribution in [3.63, 3.8) is 0 Å². The molecule has 1 aromatic rings. The van der Waals surface area contributed by atoms with Gasteiger partial charge in [-0.1, -0.05) is 13.0 Å². The number of hydrogen-bond donors (Lipinski definition) is 1. The Labute approximate surface area is 113 Å². The van der Waals surface area contributed by atoms with Gasteiger partial charge in [0, 0.05) is 30.7 Å². The number of benzene rings is 1. The Kier molecular flexibility index (Phi) is 4.46. The Bertz CT molecular complexity index is 374. The van der Waals surface area contributed by atoms with Crippen molar-refractivity contribution in [2.75, 3.05) is 18.5 Å². The maximum absolute atomic E-state index is 3.67. The van der Waals surface area contributed by atoms with Gasteiger partial charge in [-0.3, -0.25) is 0 Å². The highest BCUT2D eigenvalue weighted by Gasteiger charge is 2.20. The molecule has 3 heteroatoms. The molecule has 0 atom stereocenters. The van der Waals surface area contributed by atoms with Crippen LogP contribution in [0.25, 0.3) is 0 Å². The summed E-state index contributed by atoms with van der Waals surface area (Å²) in [6, 6.07) is 7.44. The number of hydrogen-bond acceptors (Lipinski definition) is 2. The maximum atomic E-state index is 3.67. The molecule has 0 spiro atoms. The quantitative estimate of drug-likeness (QED) is 0.864. The zero-order valence-corrected chi connectivity index (χ0v) is 12.3. The molecule has 2 nitrogen and oxygen atoms in total. The van der Waals surface area contributed by atoms with Gasteiger partial charge in [-0.2, -0.15) is 0 Å². The number of anilines is 1. The molecule has 0 heterocycles. The molecular weight excluding hydrogens is 276 g/mol. The fourth-order valence-electron chi connectivity index (χ4n) is 1.98. The summed E-state index contributed by atoms with van der Waals surface area (Å²) in [6.45, 7) is 4.29. The second-order valence-corrected chi connectivity index (χ2v) is 5.72. The zero-order chi connectivity index (χ0) is 12.3. The Morgan fingerprint density at radius 2 is 2.18 bits per heavy atom. The van der Waals surface area contributed by atoms with Crippen molar-refractivity contribution in [1.29, 1.82) is 0 Å². The van der Waals surface area contributed by atoms with Crippen LogP contribution in [0.3, 0.4) is 0 Å². The van der Waals surface area contributed by atoms with Gasteiger partial charge in [0.15, 0.2) is 0 Å². The van der Waals surface area contributed by atoms with Gasteiger partial charge in [0.2, 0.25) is 0 Å². The van der Waals surface area contributed by atoms with E-state index in [1.807, 2.05) is 0 Å². The van der Waals surface area contributed by atoms with Gasteiger partial charge in [0.1, 0.15) is 0 Å². The van der Waals surface area contributed by atoms with E-state index >= 15 is 0 Å². The summed E-state index contributed by atoms with van der Waals surface area (Å²) in [6.07, 6.45) is 3.87. The highest BCUT2D eigenvalue weighted by molar-refractivity contribution is 9.10. The molecule has 0 aliphatic heterocycles. The van der Waals surface area contributed by atoms with Crippen LogP contribution >= 0.6 is 15.9 Å². The Morgan fingerprint density at radius 3 is 2.76 bits per heavy atom. The lowest BCUT2D eigenvalue weighted by Gasteiger charge is -2.20. The summed E-state index contributed by atoms with van der Waals surface area (Å²) in [5.41, 5.74) is 2.64. The molecule has 94 valence electrons. The lowest BCUT2D eigenvalue weighted by Crippen LogP contribution is -2.19. The standard InChI is InChI=1S/C14H21BrN2/c1-3-8-17(2)14-7-4-11(9-13(14)15)10-16-12-5-6-12/h4,7,9,12,16H,3,5-6,8,10H2,1-2H3. The van der Waals surface area contributed by atoms with E-state index in [-0.39, 0.29) is 0 Å². The Balaban J connectivity index is 1.99. The first-order valence-corrected chi connectivity index (χ1v) is 7.23. The maximum Gasteiger partial charge on any atom is 0.0508 e. The second-order valence-electron chi connectivity index (χ2n) is 4.86. The summed E-state index contributed by atoms with van der Waals surface area (Å²) in [4.78, 5) is 2.29. The predicted molar refractivity (Wildman–Crippen MR) is 77.6 cm³/mol. The first-order chi connectivity index (χ1) is 8.20. The molecule has 1 N–H and O–H groups in total. The lowest BCUT2D eigenvalue weighted by atomic mass is 10.2. The fraction of sp³-hybridized carbons (Fsp3) is 0.571.